The summed E-state index contributed by atoms with van der Waals surface area (Å²) in [6.07, 6.45) is 3.60. The molecule has 4 heteroatoms. The molecule has 1 aliphatic rings. The third-order valence-corrected chi connectivity index (χ3v) is 5.26. The molecule has 0 radical (unpaired) electrons. The standard InChI is InChI=1S/C16H19BrFNO/c1-2-11-5-7-16(10-19,8-6-11)15(20)13-4-3-12(18)9-14(13)17/h3-4,9,11,15,20H,2,5-8H2,1H3. The molecule has 0 bridgehead atoms. The van der Waals surface area contributed by atoms with E-state index < -0.39 is 11.5 Å². The van der Waals surface area contributed by atoms with Gasteiger partial charge in [0.05, 0.1) is 17.6 Å². The number of hydrogen-bond donors (Lipinski definition) is 1. The molecule has 0 aromatic heterocycles. The van der Waals surface area contributed by atoms with Gasteiger partial charge in [-0.05, 0) is 49.3 Å². The van der Waals surface area contributed by atoms with Crippen LogP contribution >= 0.6 is 15.9 Å². The van der Waals surface area contributed by atoms with E-state index >= 15 is 0 Å². The number of halogens is 2. The summed E-state index contributed by atoms with van der Waals surface area (Å²) >= 11 is 3.28. The second-order valence-corrected chi connectivity index (χ2v) is 6.54. The van der Waals surface area contributed by atoms with Crippen LogP contribution < -0.4 is 0 Å². The van der Waals surface area contributed by atoms with Crippen molar-refractivity contribution in [2.75, 3.05) is 0 Å². The molecule has 0 spiro atoms. The van der Waals surface area contributed by atoms with E-state index in [1.807, 2.05) is 0 Å². The molecule has 2 nitrogen and oxygen atoms in total. The molecule has 1 aromatic rings. The molecule has 0 heterocycles. The molecular weight excluding hydrogens is 321 g/mol. The predicted octanol–water partition coefficient (Wildman–Crippen LogP) is 4.73. The Balaban J connectivity index is 2.26. The van der Waals surface area contributed by atoms with Crippen molar-refractivity contribution in [3.05, 3.63) is 34.1 Å². The Hall–Kier alpha value is -0.920. The van der Waals surface area contributed by atoms with Gasteiger partial charge in [0, 0.05) is 4.47 Å². The zero-order valence-electron chi connectivity index (χ0n) is 11.6. The fourth-order valence-corrected chi connectivity index (χ4v) is 3.64. The molecule has 1 saturated carbocycles. The molecule has 1 atom stereocenters. The quantitative estimate of drug-likeness (QED) is 0.864. The predicted molar refractivity (Wildman–Crippen MR) is 79.4 cm³/mol. The number of nitrogens with zero attached hydrogens (tertiary/aromatic N) is 1. The zero-order valence-corrected chi connectivity index (χ0v) is 13.2. The Labute approximate surface area is 127 Å². The first kappa shape index (κ1) is 15.5. The second-order valence-electron chi connectivity index (χ2n) is 5.69. The van der Waals surface area contributed by atoms with Crippen molar-refractivity contribution in [3.8, 4) is 6.07 Å². The lowest BCUT2D eigenvalue weighted by molar-refractivity contribution is 0.0237. The van der Waals surface area contributed by atoms with E-state index in [1.165, 1.54) is 12.1 Å². The molecule has 1 aromatic carbocycles. The van der Waals surface area contributed by atoms with Gasteiger partial charge >= 0.3 is 0 Å². The SMILES string of the molecule is CCC1CCC(C#N)(C(O)c2ccc(F)cc2Br)CC1. The number of hydrogen-bond acceptors (Lipinski definition) is 2. The van der Waals surface area contributed by atoms with Crippen molar-refractivity contribution >= 4 is 15.9 Å². The van der Waals surface area contributed by atoms with Crippen LogP contribution in [0.3, 0.4) is 0 Å². The van der Waals surface area contributed by atoms with E-state index in [0.29, 0.717) is 28.8 Å². The zero-order chi connectivity index (χ0) is 14.8. The van der Waals surface area contributed by atoms with Gasteiger partial charge in [-0.15, -0.1) is 0 Å². The minimum atomic E-state index is -0.875. The van der Waals surface area contributed by atoms with E-state index in [0.717, 1.165) is 19.3 Å². The summed E-state index contributed by atoms with van der Waals surface area (Å²) in [5.41, 5.74) is -0.144. The maximum atomic E-state index is 13.2. The van der Waals surface area contributed by atoms with Crippen molar-refractivity contribution in [3.63, 3.8) is 0 Å². The monoisotopic (exact) mass is 339 g/mol. The highest BCUT2D eigenvalue weighted by molar-refractivity contribution is 9.10. The number of rotatable bonds is 3. The number of nitriles is 1. The molecule has 1 fully saturated rings. The summed E-state index contributed by atoms with van der Waals surface area (Å²) < 4.78 is 13.7. The highest BCUT2D eigenvalue weighted by Gasteiger charge is 2.42. The fourth-order valence-electron chi connectivity index (χ4n) is 3.07. The molecule has 1 aliphatic carbocycles. The van der Waals surface area contributed by atoms with Gasteiger partial charge in [-0.3, -0.25) is 0 Å². The number of benzene rings is 1. The highest BCUT2D eigenvalue weighted by Crippen LogP contribution is 2.48. The van der Waals surface area contributed by atoms with Gasteiger partial charge in [-0.2, -0.15) is 5.26 Å². The molecule has 0 saturated heterocycles. The second kappa shape index (κ2) is 6.24. The number of aliphatic hydroxyl groups excluding tert-OH is 1. The first-order valence-corrected chi connectivity index (χ1v) is 7.86. The van der Waals surface area contributed by atoms with Gasteiger partial charge in [0.2, 0.25) is 0 Å². The van der Waals surface area contributed by atoms with Gasteiger partial charge < -0.3 is 5.11 Å². The average molecular weight is 340 g/mol. The van der Waals surface area contributed by atoms with Gasteiger partial charge in [0.15, 0.2) is 0 Å². The molecule has 20 heavy (non-hydrogen) atoms. The smallest absolute Gasteiger partial charge is 0.124 e. The Morgan fingerprint density at radius 2 is 2.15 bits per heavy atom. The van der Waals surface area contributed by atoms with E-state index in [-0.39, 0.29) is 5.82 Å². The summed E-state index contributed by atoms with van der Waals surface area (Å²) in [6, 6.07) is 6.56. The van der Waals surface area contributed by atoms with Crippen molar-refractivity contribution in [1.29, 1.82) is 5.26 Å². The van der Waals surface area contributed by atoms with Gasteiger partial charge in [-0.1, -0.05) is 35.3 Å². The number of aliphatic hydroxyl groups is 1. The summed E-state index contributed by atoms with van der Waals surface area (Å²) in [7, 11) is 0. The topological polar surface area (TPSA) is 44.0 Å². The van der Waals surface area contributed by atoms with Gasteiger partial charge in [0.1, 0.15) is 5.82 Å². The lowest BCUT2D eigenvalue weighted by Crippen LogP contribution is -2.32. The maximum Gasteiger partial charge on any atom is 0.124 e. The van der Waals surface area contributed by atoms with Crippen LogP contribution in [-0.4, -0.2) is 5.11 Å². The Bertz CT molecular complexity index is 518. The van der Waals surface area contributed by atoms with E-state index in [2.05, 4.69) is 28.9 Å². The van der Waals surface area contributed by atoms with E-state index in [1.54, 1.807) is 6.07 Å². The van der Waals surface area contributed by atoms with Crippen molar-refractivity contribution in [2.45, 2.75) is 45.1 Å². The first-order chi connectivity index (χ1) is 9.52. The molecule has 0 amide bonds. The minimum Gasteiger partial charge on any atom is -0.387 e. The lowest BCUT2D eigenvalue weighted by Gasteiger charge is -2.38. The molecule has 1 unspecified atom stereocenters. The van der Waals surface area contributed by atoms with Crippen LogP contribution in [0, 0.1) is 28.5 Å². The molecule has 1 N–H and O–H groups in total. The van der Waals surface area contributed by atoms with Crippen LogP contribution in [-0.2, 0) is 0 Å². The van der Waals surface area contributed by atoms with Crippen molar-refractivity contribution < 1.29 is 9.50 Å². The first-order valence-electron chi connectivity index (χ1n) is 7.06. The van der Waals surface area contributed by atoms with Crippen LogP contribution in [0.4, 0.5) is 4.39 Å². The maximum absolute atomic E-state index is 13.2. The molecule has 2 rings (SSSR count). The van der Waals surface area contributed by atoms with E-state index in [9.17, 15) is 14.8 Å². The minimum absolute atomic E-state index is 0.353. The third-order valence-electron chi connectivity index (χ3n) is 4.58. The van der Waals surface area contributed by atoms with E-state index in [4.69, 9.17) is 0 Å². The van der Waals surface area contributed by atoms with Crippen molar-refractivity contribution in [2.24, 2.45) is 11.3 Å². The molecule has 108 valence electrons. The molecular formula is C16H19BrFNO. The Kier molecular flexibility index (Phi) is 4.82. The average Bonchev–Trinajstić information content (AvgIpc) is 2.46. The Morgan fingerprint density at radius 3 is 2.65 bits per heavy atom. The summed E-state index contributed by atoms with van der Waals surface area (Å²) in [5.74, 6) is 0.300. The Morgan fingerprint density at radius 1 is 1.50 bits per heavy atom. The van der Waals surface area contributed by atoms with Crippen LogP contribution in [0.15, 0.2) is 22.7 Å². The fraction of sp³-hybridized carbons (Fsp3) is 0.562. The van der Waals surface area contributed by atoms with Crippen LogP contribution in [0.25, 0.3) is 0 Å². The van der Waals surface area contributed by atoms with Crippen LogP contribution in [0.2, 0.25) is 0 Å². The highest BCUT2D eigenvalue weighted by atomic mass is 79.9. The largest absolute Gasteiger partial charge is 0.387 e. The van der Waals surface area contributed by atoms with Gasteiger partial charge in [-0.25, -0.2) is 4.39 Å². The summed E-state index contributed by atoms with van der Waals surface area (Å²) in [4.78, 5) is 0. The van der Waals surface area contributed by atoms with Crippen LogP contribution in [0.1, 0.15) is 50.7 Å². The normalized spacial score (nSPS) is 27.9. The summed E-state index contributed by atoms with van der Waals surface area (Å²) in [5, 5.41) is 20.2. The summed E-state index contributed by atoms with van der Waals surface area (Å²) in [6.45, 7) is 2.16. The lowest BCUT2D eigenvalue weighted by atomic mass is 9.66. The van der Waals surface area contributed by atoms with Crippen LogP contribution in [0.5, 0.6) is 0 Å². The van der Waals surface area contributed by atoms with Gasteiger partial charge in [0.25, 0.3) is 0 Å². The molecule has 0 aliphatic heterocycles. The third kappa shape index (κ3) is 2.89. The van der Waals surface area contributed by atoms with Crippen molar-refractivity contribution in [1.82, 2.24) is 0 Å².